The first-order valence-electron chi connectivity index (χ1n) is 9.50. The van der Waals surface area contributed by atoms with E-state index >= 15 is 0 Å². The summed E-state index contributed by atoms with van der Waals surface area (Å²) in [5.74, 6) is -2.71. The number of carboxylic acid groups (broad SMARTS) is 2. The summed E-state index contributed by atoms with van der Waals surface area (Å²) in [5.41, 5.74) is 4.23. The van der Waals surface area contributed by atoms with Gasteiger partial charge < -0.3 is 20.3 Å². The van der Waals surface area contributed by atoms with Crippen molar-refractivity contribution in [2.45, 2.75) is 37.1 Å². The smallest absolute Gasteiger partial charge is 0.414 e. The Hall–Kier alpha value is -2.57. The molecule has 2 aromatic rings. The van der Waals surface area contributed by atoms with Crippen molar-refractivity contribution in [3.05, 3.63) is 64.2 Å². The Morgan fingerprint density at radius 2 is 1.83 bits per heavy atom. The number of halogens is 1. The molecule has 154 valence electrons. The van der Waals surface area contributed by atoms with Crippen LogP contribution in [0.2, 0.25) is 5.02 Å². The summed E-state index contributed by atoms with van der Waals surface area (Å²) >= 11 is 6.57. The molecular formula is C22H24ClNO5. The van der Waals surface area contributed by atoms with E-state index in [2.05, 4.69) is 35.6 Å². The third-order valence-electron chi connectivity index (χ3n) is 5.80. The molecule has 3 N–H and O–H groups in total. The van der Waals surface area contributed by atoms with Crippen LogP contribution in [0, 0.1) is 0 Å². The normalized spacial score (nSPS) is 19.0. The van der Waals surface area contributed by atoms with E-state index < -0.39 is 11.9 Å². The first kappa shape index (κ1) is 21.1. The largest absolute Gasteiger partial charge is 0.497 e. The van der Waals surface area contributed by atoms with Gasteiger partial charge in [0, 0.05) is 16.5 Å². The van der Waals surface area contributed by atoms with Crippen molar-refractivity contribution in [1.82, 2.24) is 5.32 Å². The quantitative estimate of drug-likeness (QED) is 0.657. The summed E-state index contributed by atoms with van der Waals surface area (Å²) in [6.07, 6.45) is 4.72. The van der Waals surface area contributed by atoms with E-state index in [9.17, 15) is 0 Å². The maximum Gasteiger partial charge on any atom is 0.414 e. The lowest BCUT2D eigenvalue weighted by Crippen LogP contribution is -2.49. The number of ether oxygens (including phenoxy) is 1. The maximum absolute atomic E-state index is 9.10. The number of nitrogens with one attached hydrogen (secondary N) is 1. The van der Waals surface area contributed by atoms with Gasteiger partial charge >= 0.3 is 11.9 Å². The summed E-state index contributed by atoms with van der Waals surface area (Å²) < 4.78 is 5.47. The first-order chi connectivity index (χ1) is 13.9. The highest BCUT2D eigenvalue weighted by Crippen LogP contribution is 2.55. The monoisotopic (exact) mass is 417 g/mol. The molecular weight excluding hydrogens is 394 g/mol. The molecule has 0 aromatic heterocycles. The zero-order chi connectivity index (χ0) is 21.0. The lowest BCUT2D eigenvalue weighted by molar-refractivity contribution is -0.159. The molecule has 1 fully saturated rings. The highest BCUT2D eigenvalue weighted by molar-refractivity contribution is 6.31. The van der Waals surface area contributed by atoms with Gasteiger partial charge in [-0.05, 0) is 60.7 Å². The molecule has 1 aliphatic carbocycles. The molecule has 1 aliphatic heterocycles. The van der Waals surface area contributed by atoms with Crippen molar-refractivity contribution in [2.24, 2.45) is 0 Å². The predicted octanol–water partition coefficient (Wildman–Crippen LogP) is 3.81. The molecule has 0 spiro atoms. The lowest BCUT2D eigenvalue weighted by atomic mass is 9.58. The van der Waals surface area contributed by atoms with Gasteiger partial charge in [-0.1, -0.05) is 42.3 Å². The molecule has 1 unspecified atom stereocenters. The van der Waals surface area contributed by atoms with Crippen molar-refractivity contribution in [3.8, 4) is 5.75 Å². The molecule has 0 bridgehead atoms. The van der Waals surface area contributed by atoms with Crippen LogP contribution in [0.15, 0.2) is 42.5 Å². The van der Waals surface area contributed by atoms with Crippen LogP contribution in [-0.4, -0.2) is 35.8 Å². The molecule has 1 heterocycles. The number of rotatable bonds is 3. The molecule has 0 amide bonds. The molecule has 7 heteroatoms. The SMILES string of the molecule is COc1ccc2c(c1)C(C1(c3ccccc3Cl)CCC1)NCC2.O=C(O)C(=O)O. The second-order valence-electron chi connectivity index (χ2n) is 7.30. The number of carboxylic acids is 2. The van der Waals surface area contributed by atoms with E-state index in [0.717, 1.165) is 23.7 Å². The highest BCUT2D eigenvalue weighted by Gasteiger charge is 2.48. The number of methoxy groups -OCH3 is 1. The molecule has 2 aliphatic rings. The number of fused-ring (bicyclic) bond motifs is 1. The predicted molar refractivity (Wildman–Crippen MR) is 110 cm³/mol. The molecule has 29 heavy (non-hydrogen) atoms. The van der Waals surface area contributed by atoms with E-state index in [1.54, 1.807) is 7.11 Å². The second-order valence-corrected chi connectivity index (χ2v) is 7.71. The topological polar surface area (TPSA) is 95.9 Å². The summed E-state index contributed by atoms with van der Waals surface area (Å²) in [4.78, 5) is 18.2. The number of carbonyl (C=O) groups is 2. The lowest BCUT2D eigenvalue weighted by Gasteiger charge is -2.51. The Kier molecular flexibility index (Phi) is 6.45. The van der Waals surface area contributed by atoms with Crippen LogP contribution in [0.3, 0.4) is 0 Å². The fourth-order valence-corrected chi connectivity index (χ4v) is 4.61. The van der Waals surface area contributed by atoms with Crippen molar-refractivity contribution in [3.63, 3.8) is 0 Å². The van der Waals surface area contributed by atoms with Crippen molar-refractivity contribution < 1.29 is 24.5 Å². The van der Waals surface area contributed by atoms with Crippen LogP contribution >= 0.6 is 11.6 Å². The Morgan fingerprint density at radius 3 is 2.38 bits per heavy atom. The average Bonchev–Trinajstić information content (AvgIpc) is 2.68. The zero-order valence-corrected chi connectivity index (χ0v) is 16.9. The van der Waals surface area contributed by atoms with E-state index in [1.165, 1.54) is 36.0 Å². The number of hydrogen-bond donors (Lipinski definition) is 3. The second kappa shape index (κ2) is 8.84. The Balaban J connectivity index is 0.000000353. The summed E-state index contributed by atoms with van der Waals surface area (Å²) in [5, 5.41) is 19.5. The van der Waals surface area contributed by atoms with Crippen LogP contribution in [0.5, 0.6) is 5.75 Å². The minimum absolute atomic E-state index is 0.111. The van der Waals surface area contributed by atoms with E-state index in [-0.39, 0.29) is 5.41 Å². The number of benzene rings is 2. The van der Waals surface area contributed by atoms with Gasteiger partial charge in [0.25, 0.3) is 0 Å². The van der Waals surface area contributed by atoms with Crippen molar-refractivity contribution in [1.29, 1.82) is 0 Å². The molecule has 1 atom stereocenters. The zero-order valence-electron chi connectivity index (χ0n) is 16.2. The van der Waals surface area contributed by atoms with Crippen LogP contribution in [-0.2, 0) is 21.4 Å². The average molecular weight is 418 g/mol. The van der Waals surface area contributed by atoms with Crippen molar-refractivity contribution in [2.75, 3.05) is 13.7 Å². The molecule has 2 aromatic carbocycles. The van der Waals surface area contributed by atoms with Crippen LogP contribution in [0.4, 0.5) is 0 Å². The Morgan fingerprint density at radius 1 is 1.14 bits per heavy atom. The Labute approximate surface area is 174 Å². The molecule has 4 rings (SSSR count). The summed E-state index contributed by atoms with van der Waals surface area (Å²) in [6, 6.07) is 15.2. The number of aliphatic carboxylic acids is 2. The van der Waals surface area contributed by atoms with Gasteiger partial charge in [-0.25, -0.2) is 9.59 Å². The third-order valence-corrected chi connectivity index (χ3v) is 6.13. The van der Waals surface area contributed by atoms with Gasteiger partial charge in [0.05, 0.1) is 7.11 Å². The van der Waals surface area contributed by atoms with E-state index in [0.29, 0.717) is 6.04 Å². The third kappa shape index (κ3) is 4.23. The van der Waals surface area contributed by atoms with Crippen LogP contribution in [0.1, 0.15) is 42.0 Å². The molecule has 0 radical (unpaired) electrons. The van der Waals surface area contributed by atoms with Gasteiger partial charge in [0.2, 0.25) is 0 Å². The minimum Gasteiger partial charge on any atom is -0.497 e. The van der Waals surface area contributed by atoms with Gasteiger partial charge in [-0.15, -0.1) is 0 Å². The van der Waals surface area contributed by atoms with Crippen molar-refractivity contribution >= 4 is 23.5 Å². The number of hydrogen-bond acceptors (Lipinski definition) is 4. The van der Waals surface area contributed by atoms with Gasteiger partial charge in [0.1, 0.15) is 5.75 Å². The standard InChI is InChI=1S/C20H22ClNO.C2H2O4/c1-23-15-8-7-14-9-12-22-19(16(14)13-15)20(10-4-11-20)17-5-2-3-6-18(17)21;3-1(4)2(5)6/h2-3,5-8,13,19,22H,4,9-12H2,1H3;(H,3,4)(H,5,6). The fourth-order valence-electron chi connectivity index (χ4n) is 4.29. The Bertz CT molecular complexity index is 898. The first-order valence-corrected chi connectivity index (χ1v) is 9.88. The van der Waals surface area contributed by atoms with Crippen LogP contribution in [0.25, 0.3) is 0 Å². The molecule has 1 saturated carbocycles. The maximum atomic E-state index is 9.10. The fraction of sp³-hybridized carbons (Fsp3) is 0.364. The van der Waals surface area contributed by atoms with Gasteiger partial charge in [-0.3, -0.25) is 0 Å². The molecule has 6 nitrogen and oxygen atoms in total. The minimum atomic E-state index is -1.82. The molecule has 0 saturated heterocycles. The van der Waals surface area contributed by atoms with E-state index in [1.807, 2.05) is 12.1 Å². The summed E-state index contributed by atoms with van der Waals surface area (Å²) in [7, 11) is 1.74. The van der Waals surface area contributed by atoms with Gasteiger partial charge in [0.15, 0.2) is 0 Å². The summed E-state index contributed by atoms with van der Waals surface area (Å²) in [6.45, 7) is 1.02. The highest BCUT2D eigenvalue weighted by atomic mass is 35.5. The van der Waals surface area contributed by atoms with E-state index in [4.69, 9.17) is 36.1 Å². The van der Waals surface area contributed by atoms with Gasteiger partial charge in [-0.2, -0.15) is 0 Å². The van der Waals surface area contributed by atoms with Crippen LogP contribution < -0.4 is 10.1 Å².